The van der Waals surface area contributed by atoms with Gasteiger partial charge in [-0.25, -0.2) is 0 Å². The Hall–Kier alpha value is -2.68. The molecule has 35 heavy (non-hydrogen) atoms. The Balaban J connectivity index is 1.83. The molecule has 1 amide bonds. The van der Waals surface area contributed by atoms with E-state index in [0.29, 0.717) is 11.4 Å². The molecule has 1 aromatic carbocycles. The Bertz CT molecular complexity index is 1220. The zero-order valence-electron chi connectivity index (χ0n) is 20.1. The van der Waals surface area contributed by atoms with Crippen molar-refractivity contribution in [3.63, 3.8) is 0 Å². The van der Waals surface area contributed by atoms with Crippen molar-refractivity contribution in [2.45, 2.75) is 30.1 Å². The van der Waals surface area contributed by atoms with Crippen molar-refractivity contribution in [1.82, 2.24) is 9.88 Å². The van der Waals surface area contributed by atoms with Crippen molar-refractivity contribution in [3.05, 3.63) is 76.3 Å². The first-order valence-corrected chi connectivity index (χ1v) is 12.4. The molecule has 2 aromatic rings. The number of amides is 1. The molecule has 0 bridgehead atoms. The van der Waals surface area contributed by atoms with Crippen molar-refractivity contribution in [2.75, 3.05) is 21.2 Å². The SMILES string of the molecule is COc1ccc2c(n1)O[C@@]1(C3C=CC(Br)=CC3C)[C@H](c3ccccc3)[C@@H](C(=O)N(C)C)[C@@H](O)[C@@]21O. The zero-order chi connectivity index (χ0) is 25.1. The number of fused-ring (bicyclic) bond motifs is 3. The number of nitrogens with zero attached hydrogens (tertiary/aromatic N) is 2. The summed E-state index contributed by atoms with van der Waals surface area (Å²) in [5.74, 6) is -1.80. The van der Waals surface area contributed by atoms with Gasteiger partial charge in [-0.05, 0) is 17.5 Å². The van der Waals surface area contributed by atoms with Gasteiger partial charge in [-0.3, -0.25) is 4.79 Å². The van der Waals surface area contributed by atoms with Gasteiger partial charge in [0.2, 0.25) is 17.7 Å². The summed E-state index contributed by atoms with van der Waals surface area (Å²) in [4.78, 5) is 19.6. The highest BCUT2D eigenvalue weighted by Crippen LogP contribution is 2.68. The average Bonchev–Trinajstić information content (AvgIpc) is 3.21. The number of aromatic nitrogens is 1. The van der Waals surface area contributed by atoms with Gasteiger partial charge in [-0.2, -0.15) is 4.98 Å². The van der Waals surface area contributed by atoms with Gasteiger partial charge >= 0.3 is 0 Å². The van der Waals surface area contributed by atoms with E-state index >= 15 is 0 Å². The van der Waals surface area contributed by atoms with Crippen molar-refractivity contribution in [2.24, 2.45) is 17.8 Å². The van der Waals surface area contributed by atoms with Crippen LogP contribution in [0.25, 0.3) is 0 Å². The Morgan fingerprint density at radius 2 is 1.91 bits per heavy atom. The molecule has 1 aromatic heterocycles. The van der Waals surface area contributed by atoms with Crippen molar-refractivity contribution < 1.29 is 24.5 Å². The number of benzene rings is 1. The van der Waals surface area contributed by atoms with Gasteiger partial charge < -0.3 is 24.6 Å². The van der Waals surface area contributed by atoms with Crippen LogP contribution in [0.1, 0.15) is 24.0 Å². The maximum Gasteiger partial charge on any atom is 0.228 e. The molecule has 2 aliphatic carbocycles. The lowest BCUT2D eigenvalue weighted by atomic mass is 9.63. The molecule has 1 fully saturated rings. The first kappa shape index (κ1) is 24.0. The fourth-order valence-corrected chi connectivity index (χ4v) is 6.86. The quantitative estimate of drug-likeness (QED) is 0.617. The van der Waals surface area contributed by atoms with Crippen LogP contribution in [-0.2, 0) is 10.4 Å². The second kappa shape index (κ2) is 8.47. The third kappa shape index (κ3) is 3.23. The molecule has 7 nitrogen and oxygen atoms in total. The number of methoxy groups -OCH3 is 1. The molecule has 3 aliphatic rings. The number of rotatable bonds is 4. The maximum atomic E-state index is 13.6. The number of pyridine rings is 1. The van der Waals surface area contributed by atoms with Crippen molar-refractivity contribution in [3.8, 4) is 11.8 Å². The normalized spacial score (nSPS) is 35.1. The Morgan fingerprint density at radius 3 is 2.54 bits per heavy atom. The number of aliphatic hydroxyl groups is 2. The number of allylic oxidation sites excluding steroid dienone is 3. The van der Waals surface area contributed by atoms with Gasteiger partial charge in [-0.15, -0.1) is 0 Å². The number of ether oxygens (including phenoxy) is 2. The fraction of sp³-hybridized carbons (Fsp3) is 0.407. The lowest BCUT2D eigenvalue weighted by Crippen LogP contribution is -2.60. The fourth-order valence-electron chi connectivity index (χ4n) is 6.29. The highest BCUT2D eigenvalue weighted by Gasteiger charge is 2.79. The molecule has 2 unspecified atom stereocenters. The summed E-state index contributed by atoms with van der Waals surface area (Å²) >= 11 is 3.55. The summed E-state index contributed by atoms with van der Waals surface area (Å²) in [6, 6.07) is 12.8. The molecule has 7 atom stereocenters. The predicted octanol–water partition coefficient (Wildman–Crippen LogP) is 3.37. The smallest absolute Gasteiger partial charge is 0.228 e. The summed E-state index contributed by atoms with van der Waals surface area (Å²) in [6.07, 6.45) is 4.54. The number of hydrogen-bond acceptors (Lipinski definition) is 6. The molecule has 1 aliphatic heterocycles. The molecular formula is C27H29BrN2O5. The molecule has 0 saturated heterocycles. The van der Waals surface area contributed by atoms with E-state index in [9.17, 15) is 15.0 Å². The number of hydrogen-bond donors (Lipinski definition) is 2. The zero-order valence-corrected chi connectivity index (χ0v) is 21.6. The van der Waals surface area contributed by atoms with Gasteiger partial charge in [0.25, 0.3) is 0 Å². The third-order valence-corrected chi connectivity index (χ3v) is 8.26. The molecule has 2 N–H and O–H groups in total. The van der Waals surface area contributed by atoms with Crippen LogP contribution in [-0.4, -0.2) is 58.9 Å². The first-order chi connectivity index (χ1) is 16.7. The number of carbonyl (C=O) groups excluding carboxylic acids is 1. The third-order valence-electron chi connectivity index (χ3n) is 7.74. The maximum absolute atomic E-state index is 13.6. The van der Waals surface area contributed by atoms with E-state index in [2.05, 4.69) is 27.0 Å². The van der Waals surface area contributed by atoms with E-state index < -0.39 is 29.1 Å². The van der Waals surface area contributed by atoms with Gasteiger partial charge in [0.1, 0.15) is 6.10 Å². The van der Waals surface area contributed by atoms with Crippen LogP contribution in [0.2, 0.25) is 0 Å². The summed E-state index contributed by atoms with van der Waals surface area (Å²) in [7, 11) is 4.83. The van der Waals surface area contributed by atoms with Crippen LogP contribution >= 0.6 is 15.9 Å². The van der Waals surface area contributed by atoms with E-state index in [4.69, 9.17) is 9.47 Å². The summed E-state index contributed by atoms with van der Waals surface area (Å²) in [6.45, 7) is 2.04. The first-order valence-electron chi connectivity index (χ1n) is 11.6. The molecule has 2 heterocycles. The monoisotopic (exact) mass is 540 g/mol. The van der Waals surface area contributed by atoms with E-state index in [0.717, 1.165) is 10.0 Å². The summed E-state index contributed by atoms with van der Waals surface area (Å²) < 4.78 is 13.0. The van der Waals surface area contributed by atoms with E-state index in [1.165, 1.54) is 12.0 Å². The molecule has 184 valence electrons. The molecule has 8 heteroatoms. The van der Waals surface area contributed by atoms with Crippen LogP contribution in [0, 0.1) is 17.8 Å². The van der Waals surface area contributed by atoms with Crippen molar-refractivity contribution in [1.29, 1.82) is 0 Å². The minimum atomic E-state index is -1.90. The predicted molar refractivity (Wildman–Crippen MR) is 134 cm³/mol. The number of carbonyl (C=O) groups is 1. The van der Waals surface area contributed by atoms with Crippen LogP contribution in [0.15, 0.2) is 65.2 Å². The largest absolute Gasteiger partial charge is 0.481 e. The van der Waals surface area contributed by atoms with Crippen LogP contribution in [0.3, 0.4) is 0 Å². The minimum Gasteiger partial charge on any atom is -0.481 e. The standard InChI is InChI=1S/C27H29BrN2O5/c1-15-14-17(28)10-11-18(15)27-22(16-8-6-5-7-9-16)21(25(32)30(2)3)23(31)26(27,33)19-12-13-20(34-4)29-24(19)35-27/h5-15,18,21-23,31,33H,1-4H3/t15?,18?,21-,22-,23-,26+,27+/m1/s1. The van der Waals surface area contributed by atoms with Crippen molar-refractivity contribution >= 4 is 21.8 Å². The van der Waals surface area contributed by atoms with Crippen LogP contribution in [0.4, 0.5) is 0 Å². The topological polar surface area (TPSA) is 92.1 Å². The molecule has 0 radical (unpaired) electrons. The highest BCUT2D eigenvalue weighted by molar-refractivity contribution is 9.11. The van der Waals surface area contributed by atoms with Gasteiger partial charge in [-0.1, -0.05) is 71.4 Å². The number of aliphatic hydroxyl groups excluding tert-OH is 1. The number of halogens is 1. The lowest BCUT2D eigenvalue weighted by molar-refractivity contribution is -0.169. The second-order valence-corrected chi connectivity index (χ2v) is 10.7. The molecular weight excluding hydrogens is 512 g/mol. The summed E-state index contributed by atoms with van der Waals surface area (Å²) in [5.41, 5.74) is -2.16. The van der Waals surface area contributed by atoms with Gasteiger partial charge in [0.15, 0.2) is 11.2 Å². The molecule has 5 rings (SSSR count). The van der Waals surface area contributed by atoms with Crippen LogP contribution < -0.4 is 9.47 Å². The Morgan fingerprint density at radius 1 is 1.20 bits per heavy atom. The van der Waals surface area contributed by atoms with E-state index in [-0.39, 0.29) is 23.6 Å². The average molecular weight is 541 g/mol. The second-order valence-electron chi connectivity index (χ2n) is 9.76. The van der Waals surface area contributed by atoms with Gasteiger partial charge in [0.05, 0.1) is 18.6 Å². The Labute approximate surface area is 213 Å². The molecule has 1 saturated carbocycles. The molecule has 0 spiro atoms. The minimum absolute atomic E-state index is 0.0799. The van der Waals surface area contributed by atoms with Gasteiger partial charge in [0, 0.05) is 36.5 Å². The van der Waals surface area contributed by atoms with Crippen LogP contribution in [0.5, 0.6) is 11.8 Å². The van der Waals surface area contributed by atoms with E-state index in [1.807, 2.05) is 49.4 Å². The van der Waals surface area contributed by atoms with E-state index in [1.54, 1.807) is 26.2 Å². The summed E-state index contributed by atoms with van der Waals surface area (Å²) in [5, 5.41) is 24.5. The highest BCUT2D eigenvalue weighted by atomic mass is 79.9. The Kier molecular flexibility index (Phi) is 5.81. The lowest BCUT2D eigenvalue weighted by Gasteiger charge is -2.47.